The second-order valence-electron chi connectivity index (χ2n) is 4.78. The number of hydrogen-bond donors (Lipinski definition) is 2. The van der Waals surface area contributed by atoms with Gasteiger partial charge in [-0.25, -0.2) is 4.98 Å². The van der Waals surface area contributed by atoms with Gasteiger partial charge < -0.3 is 20.6 Å². The summed E-state index contributed by atoms with van der Waals surface area (Å²) in [5.74, 6) is 0.613. The zero-order chi connectivity index (χ0) is 13.7. The van der Waals surface area contributed by atoms with Gasteiger partial charge in [0.05, 0.1) is 6.61 Å². The van der Waals surface area contributed by atoms with Crippen molar-refractivity contribution in [2.75, 3.05) is 20.2 Å². The lowest BCUT2D eigenvalue weighted by atomic mass is 10.1. The van der Waals surface area contributed by atoms with Crippen molar-refractivity contribution >= 4 is 5.84 Å². The van der Waals surface area contributed by atoms with Crippen molar-refractivity contribution in [3.8, 4) is 5.88 Å². The Hall–Kier alpha value is -1.82. The first-order chi connectivity index (χ1) is 9.20. The van der Waals surface area contributed by atoms with E-state index in [-0.39, 0.29) is 5.84 Å². The summed E-state index contributed by atoms with van der Waals surface area (Å²) in [6.45, 7) is 1.84. The predicted octanol–water partition coefficient (Wildman–Crippen LogP) is 1.04. The lowest BCUT2D eigenvalue weighted by Gasteiger charge is -2.19. The third-order valence-electron chi connectivity index (χ3n) is 3.51. The van der Waals surface area contributed by atoms with Gasteiger partial charge in [-0.3, -0.25) is 0 Å². The molecule has 3 N–H and O–H groups in total. The number of hydrogen-bond acceptors (Lipinski definition) is 5. The fourth-order valence-electron chi connectivity index (χ4n) is 2.32. The molecule has 104 valence electrons. The molecule has 1 aromatic rings. The van der Waals surface area contributed by atoms with Crippen LogP contribution in [-0.2, 0) is 0 Å². The highest BCUT2D eigenvalue weighted by Gasteiger charge is 2.20. The number of nitrogens with two attached hydrogens (primary N) is 1. The summed E-state index contributed by atoms with van der Waals surface area (Å²) in [6, 6.07) is 4.07. The molecule has 6 heteroatoms. The van der Waals surface area contributed by atoms with Crippen molar-refractivity contribution in [1.29, 1.82) is 0 Å². The van der Waals surface area contributed by atoms with E-state index in [0.717, 1.165) is 6.42 Å². The SMILES string of the molecule is CN1CCCC1CCOc1ccc(/C(N)=N/O)cn1. The van der Waals surface area contributed by atoms with E-state index in [0.29, 0.717) is 24.1 Å². The second-order valence-corrected chi connectivity index (χ2v) is 4.78. The summed E-state index contributed by atoms with van der Waals surface area (Å²) in [7, 11) is 2.15. The minimum Gasteiger partial charge on any atom is -0.478 e. The summed E-state index contributed by atoms with van der Waals surface area (Å²) < 4.78 is 5.60. The van der Waals surface area contributed by atoms with Gasteiger partial charge in [0.15, 0.2) is 5.84 Å². The Labute approximate surface area is 112 Å². The van der Waals surface area contributed by atoms with E-state index in [1.807, 2.05) is 0 Å². The lowest BCUT2D eigenvalue weighted by molar-refractivity contribution is 0.228. The molecule has 0 aromatic carbocycles. The van der Waals surface area contributed by atoms with E-state index >= 15 is 0 Å². The Morgan fingerprint density at radius 1 is 1.63 bits per heavy atom. The summed E-state index contributed by atoms with van der Waals surface area (Å²) >= 11 is 0. The van der Waals surface area contributed by atoms with Gasteiger partial charge in [0.1, 0.15) is 0 Å². The van der Waals surface area contributed by atoms with Crippen LogP contribution in [0, 0.1) is 0 Å². The van der Waals surface area contributed by atoms with E-state index < -0.39 is 0 Å². The molecule has 1 fully saturated rings. The van der Waals surface area contributed by atoms with Gasteiger partial charge in [0.25, 0.3) is 0 Å². The number of amidine groups is 1. The van der Waals surface area contributed by atoms with Crippen LogP contribution in [0.2, 0.25) is 0 Å². The van der Waals surface area contributed by atoms with Crippen molar-refractivity contribution in [1.82, 2.24) is 9.88 Å². The van der Waals surface area contributed by atoms with Crippen LogP contribution in [0.5, 0.6) is 5.88 Å². The molecule has 2 rings (SSSR count). The van der Waals surface area contributed by atoms with Crippen molar-refractivity contribution in [3.05, 3.63) is 23.9 Å². The molecule has 0 spiro atoms. The fourth-order valence-corrected chi connectivity index (χ4v) is 2.32. The predicted molar refractivity (Wildman–Crippen MR) is 72.5 cm³/mol. The van der Waals surface area contributed by atoms with Gasteiger partial charge in [-0.1, -0.05) is 5.16 Å². The third kappa shape index (κ3) is 3.57. The van der Waals surface area contributed by atoms with Crippen LogP contribution in [-0.4, -0.2) is 47.2 Å². The molecular formula is C13H20N4O2. The Kier molecular flexibility index (Phi) is 4.57. The average molecular weight is 264 g/mol. The van der Waals surface area contributed by atoms with Crippen molar-refractivity contribution in [3.63, 3.8) is 0 Å². The monoisotopic (exact) mass is 264 g/mol. The minimum atomic E-state index is 0.0478. The molecule has 1 aliphatic heterocycles. The fraction of sp³-hybridized carbons (Fsp3) is 0.538. The molecule has 0 saturated carbocycles. The Bertz CT molecular complexity index is 433. The molecule has 0 bridgehead atoms. The van der Waals surface area contributed by atoms with E-state index in [2.05, 4.69) is 22.1 Å². The van der Waals surface area contributed by atoms with Crippen LogP contribution in [0.1, 0.15) is 24.8 Å². The van der Waals surface area contributed by atoms with Crippen LogP contribution < -0.4 is 10.5 Å². The number of rotatable bonds is 5. The first kappa shape index (κ1) is 13.6. The molecule has 19 heavy (non-hydrogen) atoms. The second kappa shape index (κ2) is 6.38. The highest BCUT2D eigenvalue weighted by Crippen LogP contribution is 2.18. The van der Waals surface area contributed by atoms with E-state index in [4.69, 9.17) is 15.7 Å². The minimum absolute atomic E-state index is 0.0478. The number of likely N-dealkylation sites (tertiary alicyclic amines) is 1. The quantitative estimate of drug-likeness (QED) is 0.359. The van der Waals surface area contributed by atoms with Crippen molar-refractivity contribution in [2.24, 2.45) is 10.9 Å². The first-order valence-corrected chi connectivity index (χ1v) is 6.47. The van der Waals surface area contributed by atoms with Gasteiger partial charge in [0, 0.05) is 23.9 Å². The molecule has 1 saturated heterocycles. The maximum Gasteiger partial charge on any atom is 0.213 e. The zero-order valence-electron chi connectivity index (χ0n) is 11.1. The molecule has 0 radical (unpaired) electrons. The normalized spacial score (nSPS) is 20.7. The van der Waals surface area contributed by atoms with E-state index in [1.165, 1.54) is 25.6 Å². The highest BCUT2D eigenvalue weighted by atomic mass is 16.5. The Balaban J connectivity index is 1.80. The largest absolute Gasteiger partial charge is 0.478 e. The van der Waals surface area contributed by atoms with Crippen LogP contribution in [0.15, 0.2) is 23.5 Å². The Morgan fingerprint density at radius 3 is 3.05 bits per heavy atom. The summed E-state index contributed by atoms with van der Waals surface area (Å²) in [4.78, 5) is 6.50. The number of ether oxygens (including phenoxy) is 1. The standard InChI is InChI=1S/C13H20N4O2/c1-17-7-2-3-11(17)6-8-19-12-5-4-10(9-15-12)13(14)16-18/h4-5,9,11,18H,2-3,6-8H2,1H3,(H2,14,16). The molecule has 1 aliphatic rings. The van der Waals surface area contributed by atoms with E-state index in [9.17, 15) is 0 Å². The highest BCUT2D eigenvalue weighted by molar-refractivity contribution is 5.96. The van der Waals surface area contributed by atoms with Crippen LogP contribution in [0.4, 0.5) is 0 Å². The molecule has 0 amide bonds. The van der Waals surface area contributed by atoms with Gasteiger partial charge in [-0.2, -0.15) is 0 Å². The number of pyridine rings is 1. The van der Waals surface area contributed by atoms with E-state index in [1.54, 1.807) is 12.1 Å². The van der Waals surface area contributed by atoms with Crippen molar-refractivity contribution in [2.45, 2.75) is 25.3 Å². The summed E-state index contributed by atoms with van der Waals surface area (Å²) in [5, 5.41) is 11.5. The topological polar surface area (TPSA) is 84.0 Å². The third-order valence-corrected chi connectivity index (χ3v) is 3.51. The maximum absolute atomic E-state index is 8.54. The van der Waals surface area contributed by atoms with Crippen LogP contribution in [0.25, 0.3) is 0 Å². The van der Waals surface area contributed by atoms with Gasteiger partial charge in [0.2, 0.25) is 5.88 Å². The molecule has 1 aromatic heterocycles. The molecular weight excluding hydrogens is 244 g/mol. The zero-order valence-corrected chi connectivity index (χ0v) is 11.1. The molecule has 0 aliphatic carbocycles. The number of nitrogens with zero attached hydrogens (tertiary/aromatic N) is 3. The van der Waals surface area contributed by atoms with Crippen LogP contribution in [0.3, 0.4) is 0 Å². The average Bonchev–Trinajstić information content (AvgIpc) is 2.84. The van der Waals surface area contributed by atoms with Gasteiger partial charge in [-0.05, 0) is 38.9 Å². The number of aromatic nitrogens is 1. The smallest absolute Gasteiger partial charge is 0.213 e. The van der Waals surface area contributed by atoms with Gasteiger partial charge >= 0.3 is 0 Å². The lowest BCUT2D eigenvalue weighted by Crippen LogP contribution is -2.26. The van der Waals surface area contributed by atoms with Crippen LogP contribution >= 0.6 is 0 Å². The first-order valence-electron chi connectivity index (χ1n) is 6.47. The Morgan fingerprint density at radius 2 is 2.47 bits per heavy atom. The molecule has 6 nitrogen and oxygen atoms in total. The number of oxime groups is 1. The molecule has 2 heterocycles. The molecule has 1 unspecified atom stereocenters. The summed E-state index contributed by atoms with van der Waals surface area (Å²) in [6.07, 6.45) is 5.07. The van der Waals surface area contributed by atoms with Gasteiger partial charge in [-0.15, -0.1) is 0 Å². The maximum atomic E-state index is 8.54. The van der Waals surface area contributed by atoms with Crippen molar-refractivity contribution < 1.29 is 9.94 Å². The summed E-state index contributed by atoms with van der Waals surface area (Å²) in [5.41, 5.74) is 6.03. The molecule has 1 atom stereocenters.